The van der Waals surface area contributed by atoms with E-state index in [1.165, 1.54) is 161 Å². The summed E-state index contributed by atoms with van der Waals surface area (Å²) < 4.78 is 5.25. The van der Waals surface area contributed by atoms with Crippen LogP contribution in [-0.2, 0) is 11.3 Å². The molecule has 0 N–H and O–H groups in total. The number of likely N-dealkylation sites (tertiary alicyclic amines) is 5. The van der Waals surface area contributed by atoms with E-state index in [2.05, 4.69) is 408 Å². The number of ether oxygens (including phenoxy) is 1. The van der Waals surface area contributed by atoms with E-state index in [4.69, 9.17) is 4.74 Å². The molecule has 8 fully saturated rings. The molecule has 0 spiro atoms. The Labute approximate surface area is 713 Å². The normalized spacial score (nSPS) is 20.8. The van der Waals surface area contributed by atoms with Gasteiger partial charge in [-0.05, 0) is 433 Å². The van der Waals surface area contributed by atoms with E-state index in [9.17, 15) is 0 Å². The van der Waals surface area contributed by atoms with Gasteiger partial charge < -0.3 is 14.5 Å². The molecule has 13 nitrogen and oxygen atoms in total. The maximum absolute atomic E-state index is 5.25. The summed E-state index contributed by atoms with van der Waals surface area (Å²) in [5.74, 6) is 0. The van der Waals surface area contributed by atoms with Crippen molar-refractivity contribution in [3.8, 4) is 0 Å². The Morgan fingerprint density at radius 1 is 0.319 bits per heavy atom. The monoisotopic (exact) mass is 1600 g/mol. The molecule has 1 aromatic rings. The fraction of sp³-hybridized carbons (Fsp3) is 0.940. The first-order valence-corrected chi connectivity index (χ1v) is 46.6. The minimum absolute atomic E-state index is 0.255. The van der Waals surface area contributed by atoms with Crippen LogP contribution in [0.2, 0.25) is 0 Å². The quantitative estimate of drug-likeness (QED) is 0.233. The highest BCUT2D eigenvalue weighted by atomic mass is 16.5. The largest absolute Gasteiger partial charge is 0.379 e. The summed E-state index contributed by atoms with van der Waals surface area (Å²) in [6.45, 7) is 117. The zero-order valence-corrected chi connectivity index (χ0v) is 86.2. The van der Waals surface area contributed by atoms with Crippen molar-refractivity contribution < 1.29 is 4.74 Å². The first kappa shape index (κ1) is 116. The molecule has 3 unspecified atom stereocenters. The van der Waals surface area contributed by atoms with Gasteiger partial charge in [0.15, 0.2) is 0 Å². The Hall–Kier alpha value is -1.30. The minimum atomic E-state index is 0.255. The Morgan fingerprint density at radius 2 is 0.602 bits per heavy atom. The van der Waals surface area contributed by atoms with Crippen LogP contribution in [0.5, 0.6) is 0 Å². The van der Waals surface area contributed by atoms with Gasteiger partial charge in [-0.2, -0.15) is 0 Å². The van der Waals surface area contributed by atoms with Crippen LogP contribution in [0.15, 0.2) is 30.3 Å². The van der Waals surface area contributed by atoms with Crippen molar-refractivity contribution in [1.29, 1.82) is 0 Å². The summed E-state index contributed by atoms with van der Waals surface area (Å²) in [5, 5.41) is 0. The van der Waals surface area contributed by atoms with Crippen LogP contribution in [0.3, 0.4) is 0 Å². The van der Waals surface area contributed by atoms with Gasteiger partial charge in [0.25, 0.3) is 0 Å². The molecule has 0 amide bonds. The average molecular weight is 1600 g/mol. The third-order valence-electron chi connectivity index (χ3n) is 24.4. The molecule has 9 rings (SSSR count). The first-order chi connectivity index (χ1) is 51.1. The molecule has 13 heteroatoms. The topological polar surface area (TPSA) is 47.7 Å². The van der Waals surface area contributed by atoms with Crippen molar-refractivity contribution in [1.82, 2.24) is 58.8 Å². The summed E-state index contributed by atoms with van der Waals surface area (Å²) in [4.78, 5) is 29.6. The number of piperidine rings is 2. The molecule has 0 bridgehead atoms. The highest BCUT2D eigenvalue weighted by molar-refractivity contribution is 5.15. The summed E-state index contributed by atoms with van der Waals surface area (Å²) in [7, 11) is 8.49. The summed E-state index contributed by atoms with van der Waals surface area (Å²) in [5.41, 5.74) is 5.83. The van der Waals surface area contributed by atoms with Crippen LogP contribution in [0.25, 0.3) is 0 Å². The van der Waals surface area contributed by atoms with Gasteiger partial charge in [-0.1, -0.05) is 90.6 Å². The molecule has 7 heterocycles. The lowest BCUT2D eigenvalue weighted by molar-refractivity contribution is -0.00389. The molecule has 7 saturated heterocycles. The number of benzene rings is 1. The molecule has 1 aromatic carbocycles. The van der Waals surface area contributed by atoms with E-state index >= 15 is 0 Å². The van der Waals surface area contributed by atoms with Crippen molar-refractivity contribution in [3.63, 3.8) is 0 Å². The van der Waals surface area contributed by atoms with Crippen molar-refractivity contribution in [3.05, 3.63) is 35.9 Å². The van der Waals surface area contributed by atoms with Gasteiger partial charge in [-0.15, -0.1) is 0 Å². The Balaban J connectivity index is -0.00000117. The summed E-state index contributed by atoms with van der Waals surface area (Å²) >= 11 is 0. The van der Waals surface area contributed by atoms with Crippen LogP contribution >= 0.6 is 0 Å². The van der Waals surface area contributed by atoms with E-state index in [-0.39, 0.29) is 5.54 Å². The number of hydrogen-bond donors (Lipinski definition) is 0. The van der Waals surface area contributed by atoms with Gasteiger partial charge in [-0.3, -0.25) is 49.0 Å². The molecule has 678 valence electrons. The first-order valence-electron chi connectivity index (χ1n) is 46.6. The Bertz CT molecular complexity index is 2280. The predicted octanol–water partition coefficient (Wildman–Crippen LogP) is 23.6. The van der Waals surface area contributed by atoms with Gasteiger partial charge >= 0.3 is 0 Å². The molecule has 0 radical (unpaired) electrons. The van der Waals surface area contributed by atoms with Crippen molar-refractivity contribution >= 4 is 0 Å². The van der Waals surface area contributed by atoms with Crippen LogP contribution < -0.4 is 0 Å². The van der Waals surface area contributed by atoms with Gasteiger partial charge in [0.05, 0.1) is 13.2 Å². The molecular weight excluding hydrogens is 1390 g/mol. The second-order valence-corrected chi connectivity index (χ2v) is 46.0. The molecular formula is C100H212N12O. The van der Waals surface area contributed by atoms with E-state index in [0.717, 1.165) is 71.1 Å². The van der Waals surface area contributed by atoms with E-state index in [0.29, 0.717) is 67.0 Å². The predicted molar refractivity (Wildman–Crippen MR) is 512 cm³/mol. The Morgan fingerprint density at radius 3 is 0.770 bits per heavy atom. The number of morpholine rings is 1. The minimum Gasteiger partial charge on any atom is -0.379 e. The van der Waals surface area contributed by atoms with Gasteiger partial charge in [0, 0.05) is 117 Å². The average Bonchev–Trinajstić information content (AvgIpc) is 1.58. The van der Waals surface area contributed by atoms with E-state index in [1.54, 1.807) is 0 Å². The molecule has 1 aliphatic carbocycles. The lowest BCUT2D eigenvalue weighted by Crippen LogP contribution is -2.49. The second-order valence-electron chi connectivity index (χ2n) is 46.0. The van der Waals surface area contributed by atoms with Gasteiger partial charge in [0.2, 0.25) is 0 Å². The maximum Gasteiger partial charge on any atom is 0.0594 e. The van der Waals surface area contributed by atoms with Crippen LogP contribution in [-0.4, -0.2) is 290 Å². The van der Waals surface area contributed by atoms with Gasteiger partial charge in [-0.25, -0.2) is 0 Å². The molecule has 8 aliphatic rings. The molecule has 3 atom stereocenters. The molecule has 7 aliphatic heterocycles. The molecule has 0 aromatic heterocycles. The highest BCUT2D eigenvalue weighted by Gasteiger charge is 2.54. The number of hydrogen-bond acceptors (Lipinski definition) is 13. The van der Waals surface area contributed by atoms with Crippen LogP contribution in [0.4, 0.5) is 0 Å². The maximum atomic E-state index is 5.25. The lowest BCUT2D eigenvalue weighted by Gasteiger charge is -2.42. The fourth-order valence-electron chi connectivity index (χ4n) is 14.4. The second kappa shape index (κ2) is 53.6. The van der Waals surface area contributed by atoms with Crippen molar-refractivity contribution in [2.45, 2.75) is 472 Å². The van der Waals surface area contributed by atoms with E-state index < -0.39 is 0 Å². The van der Waals surface area contributed by atoms with E-state index in [1.807, 2.05) is 0 Å². The number of nitrogens with zero attached hydrogens (tertiary/aromatic N) is 12. The highest BCUT2D eigenvalue weighted by Crippen LogP contribution is 2.47. The standard InChI is InChI=1S/C13H21N.C10H21N.C9H17N.C9H19N.C9H21N.C8H17NO.C8H17N.C8H19N.C7H15N.C7H17N.C6H13N.C6H15N/c1-5-14(13(2,3)4)11-12-9-7-6-8-10-12;1-10(2,3)11-8-6-4-5-7-9-11;1-9(2,3)10-7-5-4-6-8(7)10;1-9(2,3)10-7-5-4-6-8-10;1-7-8(2)10(6)9(3,4)5;1-8(2,3)9-4-6-10-7-5-9;1-8(2,3)9-6-4-5-7-9;1-6-9(7-2)8(3,4)5;1-7(2,3)8-5-4-6-8;1-6-8(5)7(2,3)4;1-6(2,3)7-4-5-7;1-6(2,3)7(4)5/h6-10H,5,11H2,1-4H3;4-9H2,1-3H3;7-8H,4-6H2,1-3H3;4-8H2,1-3H3;8H,7H2,1-6H3;4-7H2,1-3H3;4-7H2,1-3H3;6-7H2,1-5H3;4-6H2,1-3H3;6H2,1-5H3;4-5H2,1-3H3;1-5H3. The zero-order valence-electron chi connectivity index (χ0n) is 86.2. The van der Waals surface area contributed by atoms with Crippen molar-refractivity contribution in [2.24, 2.45) is 0 Å². The third kappa shape index (κ3) is 55.4. The molecule has 113 heavy (non-hydrogen) atoms. The Kier molecular flexibility index (Phi) is 54.9. The SMILES string of the molecule is CC(C)(C)N1C2CCCC21.CC(C)(C)N1CC1.CC(C)(C)N1CCC1.CC(C)(C)N1CCCC1.CC(C)(C)N1CCCCC1.CC(C)(C)N1CCCCCC1.CC(C)(C)N1CCOCC1.CCC(C)N(C)C(C)(C)C.CCN(C)C(C)(C)C.CCN(CC)C(C)(C)C.CCN(Cc1ccccc1)C(C)(C)C.CN(C)C(C)(C)C. The van der Waals surface area contributed by atoms with Crippen LogP contribution in [0, 0.1) is 0 Å². The van der Waals surface area contributed by atoms with Crippen LogP contribution in [0.1, 0.15) is 386 Å². The third-order valence-corrected chi connectivity index (χ3v) is 24.4. The summed E-state index contributed by atoms with van der Waals surface area (Å²) in [6.07, 6.45) is 19.7. The van der Waals surface area contributed by atoms with Crippen molar-refractivity contribution in [2.75, 3.05) is 146 Å². The molecule has 1 saturated carbocycles. The zero-order chi connectivity index (χ0) is 88.8. The number of fused-ring (bicyclic) bond motifs is 1. The number of rotatable bonds is 8. The lowest BCUT2D eigenvalue weighted by atomic mass is 10.0. The smallest absolute Gasteiger partial charge is 0.0594 e. The summed E-state index contributed by atoms with van der Waals surface area (Å²) in [6, 6.07) is 13.3. The van der Waals surface area contributed by atoms with Gasteiger partial charge in [0.1, 0.15) is 0 Å². The fourth-order valence-corrected chi connectivity index (χ4v) is 14.4.